The Labute approximate surface area is 146 Å². The number of rotatable bonds is 7. The molecule has 2 atom stereocenters. The highest BCUT2D eigenvalue weighted by atomic mass is 16.5. The maximum Gasteiger partial charge on any atom is 0.233 e. The van der Waals surface area contributed by atoms with E-state index in [9.17, 15) is 14.8 Å². The second-order valence-corrected chi connectivity index (χ2v) is 7.14. The van der Waals surface area contributed by atoms with Gasteiger partial charge in [0.1, 0.15) is 0 Å². The predicted octanol–water partition coefficient (Wildman–Crippen LogP) is 0.918. The highest BCUT2D eigenvalue weighted by molar-refractivity contribution is 5.80. The smallest absolute Gasteiger partial charge is 0.233 e. The minimum Gasteiger partial charge on any atom is -0.332 e. The first-order valence-corrected chi connectivity index (χ1v) is 9.03. The normalized spacial score (nSPS) is 22.3. The molecule has 1 aromatic heterocycles. The summed E-state index contributed by atoms with van der Waals surface area (Å²) in [6.07, 6.45) is 7.39. The fourth-order valence-corrected chi connectivity index (χ4v) is 4.14. The average molecular weight is 350 g/mol. The number of likely N-dealkylation sites (tertiary alicyclic amines) is 1. The van der Waals surface area contributed by atoms with Crippen molar-refractivity contribution in [2.75, 3.05) is 13.1 Å². The molecule has 1 saturated carbocycles. The molecule has 0 aromatic carbocycles. The number of hydrogen-bond donors (Lipinski definition) is 1. The van der Waals surface area contributed by atoms with Crippen molar-refractivity contribution in [3.05, 3.63) is 5.82 Å². The lowest BCUT2D eigenvalue weighted by atomic mass is 9.91. The summed E-state index contributed by atoms with van der Waals surface area (Å²) in [7, 11) is 1.70. The number of aryl methyl sites for hydroxylation is 1. The third kappa shape index (κ3) is 4.15. The Morgan fingerprint density at radius 1 is 1.36 bits per heavy atom. The van der Waals surface area contributed by atoms with Gasteiger partial charge in [0.15, 0.2) is 5.82 Å². The molecule has 0 spiro atoms. The Bertz CT molecular complexity index is 600. The van der Waals surface area contributed by atoms with E-state index in [0.717, 1.165) is 25.7 Å². The van der Waals surface area contributed by atoms with Crippen LogP contribution in [-0.2, 0) is 16.6 Å². The monoisotopic (exact) mass is 350 g/mol. The Morgan fingerprint density at radius 2 is 2.12 bits per heavy atom. The fraction of sp³-hybridized carbons (Fsp3) is 0.812. The number of aromatic nitrogens is 4. The van der Waals surface area contributed by atoms with Crippen LogP contribution in [0.4, 0.5) is 0 Å². The molecule has 2 fully saturated rings. The lowest BCUT2D eigenvalue weighted by Crippen LogP contribution is -2.41. The third-order valence-corrected chi connectivity index (χ3v) is 5.33. The van der Waals surface area contributed by atoms with Gasteiger partial charge in [-0.2, -0.15) is 4.80 Å². The van der Waals surface area contributed by atoms with Crippen molar-refractivity contribution in [2.45, 2.75) is 51.0 Å². The van der Waals surface area contributed by atoms with Crippen LogP contribution in [0.3, 0.4) is 0 Å². The number of tetrazole rings is 1. The van der Waals surface area contributed by atoms with Crippen LogP contribution in [0.2, 0.25) is 0 Å². The molecule has 1 aliphatic heterocycles. The molecule has 0 unspecified atom stereocenters. The van der Waals surface area contributed by atoms with Gasteiger partial charge in [-0.15, -0.1) is 10.2 Å². The van der Waals surface area contributed by atoms with E-state index in [1.807, 2.05) is 0 Å². The van der Waals surface area contributed by atoms with Crippen molar-refractivity contribution in [2.24, 2.45) is 18.9 Å². The summed E-state index contributed by atoms with van der Waals surface area (Å²) in [5.74, 6) is 0.632. The van der Waals surface area contributed by atoms with Crippen LogP contribution in [0.1, 0.15) is 56.8 Å². The fourth-order valence-electron chi connectivity index (χ4n) is 4.14. The molecule has 1 aromatic rings. The number of carbonyl (C=O) groups is 2. The molecule has 1 N–H and O–H groups in total. The van der Waals surface area contributed by atoms with E-state index < -0.39 is 5.92 Å². The van der Waals surface area contributed by atoms with E-state index >= 15 is 0 Å². The van der Waals surface area contributed by atoms with Crippen LogP contribution < -0.4 is 0 Å². The molecular weight excluding hydrogens is 324 g/mol. The Hall–Kier alpha value is -2.03. The van der Waals surface area contributed by atoms with Crippen molar-refractivity contribution in [3.63, 3.8) is 0 Å². The quantitative estimate of drug-likeness (QED) is 0.445. The van der Waals surface area contributed by atoms with Crippen LogP contribution in [0, 0.1) is 11.8 Å². The molecule has 0 bridgehead atoms. The van der Waals surface area contributed by atoms with Gasteiger partial charge in [0.2, 0.25) is 12.3 Å². The zero-order valence-corrected chi connectivity index (χ0v) is 14.6. The molecule has 1 saturated heterocycles. The molecule has 25 heavy (non-hydrogen) atoms. The summed E-state index contributed by atoms with van der Waals surface area (Å²) >= 11 is 0. The van der Waals surface area contributed by atoms with Crippen molar-refractivity contribution < 1.29 is 14.8 Å². The number of hydrogen-bond acceptors (Lipinski definition) is 6. The summed E-state index contributed by atoms with van der Waals surface area (Å²) in [4.78, 5) is 27.2. The number of nitrogens with zero attached hydrogens (tertiary/aromatic N) is 6. The molecule has 2 heterocycles. The van der Waals surface area contributed by atoms with Crippen molar-refractivity contribution in [3.8, 4) is 0 Å². The van der Waals surface area contributed by atoms with Gasteiger partial charge in [-0.1, -0.05) is 25.7 Å². The molecular formula is C16H26N6O3. The largest absolute Gasteiger partial charge is 0.332 e. The first-order chi connectivity index (χ1) is 12.1. The summed E-state index contributed by atoms with van der Waals surface area (Å²) in [6, 6.07) is -0.171. The average Bonchev–Trinajstić information content (AvgIpc) is 3.34. The number of amides is 2. The van der Waals surface area contributed by atoms with Crippen LogP contribution in [0.25, 0.3) is 0 Å². The minimum atomic E-state index is -0.393. The minimum absolute atomic E-state index is 0.0252. The van der Waals surface area contributed by atoms with Crippen LogP contribution >= 0.6 is 0 Å². The van der Waals surface area contributed by atoms with Crippen molar-refractivity contribution >= 4 is 12.3 Å². The lowest BCUT2D eigenvalue weighted by molar-refractivity contribution is -0.157. The van der Waals surface area contributed by atoms with Crippen molar-refractivity contribution in [1.82, 2.24) is 30.2 Å². The highest BCUT2D eigenvalue weighted by Gasteiger charge is 2.37. The molecule has 9 heteroatoms. The van der Waals surface area contributed by atoms with Crippen LogP contribution in [0.15, 0.2) is 0 Å². The third-order valence-electron chi connectivity index (χ3n) is 5.33. The van der Waals surface area contributed by atoms with E-state index in [1.165, 1.54) is 17.6 Å². The van der Waals surface area contributed by atoms with Gasteiger partial charge in [-0.25, -0.2) is 5.06 Å². The Balaban J connectivity index is 1.73. The van der Waals surface area contributed by atoms with Gasteiger partial charge in [0.05, 0.1) is 25.6 Å². The maximum absolute atomic E-state index is 13.2. The van der Waals surface area contributed by atoms with E-state index in [2.05, 4.69) is 15.4 Å². The van der Waals surface area contributed by atoms with E-state index in [4.69, 9.17) is 0 Å². The van der Waals surface area contributed by atoms with Gasteiger partial charge >= 0.3 is 0 Å². The summed E-state index contributed by atoms with van der Waals surface area (Å²) in [5.41, 5.74) is 0. The lowest BCUT2D eigenvalue weighted by Gasteiger charge is -2.29. The second-order valence-electron chi connectivity index (χ2n) is 7.14. The predicted molar refractivity (Wildman–Crippen MR) is 87.1 cm³/mol. The van der Waals surface area contributed by atoms with Gasteiger partial charge in [-0.3, -0.25) is 14.8 Å². The zero-order valence-electron chi connectivity index (χ0n) is 14.6. The maximum atomic E-state index is 13.2. The summed E-state index contributed by atoms with van der Waals surface area (Å²) in [5, 5.41) is 22.4. The molecule has 0 radical (unpaired) electrons. The topological polar surface area (TPSA) is 104 Å². The van der Waals surface area contributed by atoms with Crippen molar-refractivity contribution in [1.29, 1.82) is 0 Å². The molecule has 2 amide bonds. The summed E-state index contributed by atoms with van der Waals surface area (Å²) in [6.45, 7) is 0.686. The summed E-state index contributed by atoms with van der Waals surface area (Å²) < 4.78 is 0. The number of hydroxylamine groups is 2. The first-order valence-electron chi connectivity index (χ1n) is 9.03. The van der Waals surface area contributed by atoms with E-state index in [1.54, 1.807) is 11.9 Å². The Morgan fingerprint density at radius 3 is 2.76 bits per heavy atom. The van der Waals surface area contributed by atoms with Gasteiger partial charge in [-0.05, 0) is 30.4 Å². The molecule has 2 aliphatic rings. The standard InChI is InChI=1S/C16H26N6O3/c1-20-18-15(17-19-20)14-7-4-8-22(14)16(24)13(10-21(25)11-23)9-12-5-2-3-6-12/h11-14,25H,2-10H2,1H3/t13-,14+/m1/s1. The van der Waals surface area contributed by atoms with Gasteiger partial charge < -0.3 is 4.90 Å². The SMILES string of the molecule is Cn1nnc([C@@H]2CCCN2C(=O)[C@H](CC2CCCC2)CN(O)C=O)n1. The van der Waals surface area contributed by atoms with Crippen LogP contribution in [-0.4, -0.2) is 60.8 Å². The van der Waals surface area contributed by atoms with E-state index in [-0.39, 0.29) is 18.5 Å². The molecule has 9 nitrogen and oxygen atoms in total. The Kier molecular flexibility index (Phi) is 5.62. The number of carbonyl (C=O) groups excluding carboxylic acids is 2. The zero-order chi connectivity index (χ0) is 17.8. The van der Waals surface area contributed by atoms with Gasteiger partial charge in [0, 0.05) is 6.54 Å². The first kappa shape index (κ1) is 17.8. The second kappa shape index (κ2) is 7.90. The highest BCUT2D eigenvalue weighted by Crippen LogP contribution is 2.35. The molecule has 1 aliphatic carbocycles. The van der Waals surface area contributed by atoms with Gasteiger partial charge in [0.25, 0.3) is 0 Å². The molecule has 3 rings (SSSR count). The van der Waals surface area contributed by atoms with E-state index in [0.29, 0.717) is 36.2 Å². The molecule has 138 valence electrons. The van der Waals surface area contributed by atoms with Crippen LogP contribution in [0.5, 0.6) is 0 Å².